The van der Waals surface area contributed by atoms with E-state index in [1.807, 2.05) is 17.5 Å². The first-order valence-corrected chi connectivity index (χ1v) is 6.49. The molecule has 1 unspecified atom stereocenters. The topological polar surface area (TPSA) is 16.1 Å². The van der Waals surface area contributed by atoms with Crippen molar-refractivity contribution in [1.29, 1.82) is 0 Å². The largest absolute Gasteiger partial charge is 0.370 e. The second-order valence-electron chi connectivity index (χ2n) is 4.29. The number of hydrogen-bond donors (Lipinski definition) is 0. The van der Waals surface area contributed by atoms with Crippen LogP contribution in [0.4, 0.5) is 14.5 Å². The summed E-state index contributed by atoms with van der Waals surface area (Å²) in [5.41, 5.74) is 2.00. The van der Waals surface area contributed by atoms with Gasteiger partial charge in [-0.15, -0.1) is 11.3 Å². The number of pyridine rings is 1. The van der Waals surface area contributed by atoms with Gasteiger partial charge in [0.15, 0.2) is 0 Å². The zero-order valence-corrected chi connectivity index (χ0v) is 9.96. The van der Waals surface area contributed by atoms with Crippen LogP contribution in [0, 0.1) is 5.92 Å². The number of rotatable bonds is 2. The molecule has 3 rings (SSSR count). The van der Waals surface area contributed by atoms with Crippen molar-refractivity contribution in [2.24, 2.45) is 5.92 Å². The molecular formula is C12H12F2N2S. The van der Waals surface area contributed by atoms with Gasteiger partial charge in [-0.25, -0.2) is 8.78 Å². The lowest BCUT2D eigenvalue weighted by molar-refractivity contribution is 0.0880. The number of anilines is 1. The Balaban J connectivity index is 1.92. The average Bonchev–Trinajstić information content (AvgIpc) is 2.97. The molecule has 90 valence electrons. The summed E-state index contributed by atoms with van der Waals surface area (Å²) in [7, 11) is 0. The molecule has 1 aliphatic heterocycles. The molecule has 0 bridgehead atoms. The monoisotopic (exact) mass is 254 g/mol. The Morgan fingerprint density at radius 2 is 2.29 bits per heavy atom. The fourth-order valence-corrected chi connectivity index (χ4v) is 3.21. The summed E-state index contributed by atoms with van der Waals surface area (Å²) in [6.07, 6.45) is 0.119. The molecule has 2 nitrogen and oxygen atoms in total. The minimum Gasteiger partial charge on any atom is -0.370 e. The van der Waals surface area contributed by atoms with E-state index in [9.17, 15) is 8.78 Å². The molecule has 1 atom stereocenters. The maximum Gasteiger partial charge on any atom is 0.243 e. The van der Waals surface area contributed by atoms with Crippen LogP contribution in [0.5, 0.6) is 0 Å². The van der Waals surface area contributed by atoms with E-state index in [-0.39, 0.29) is 0 Å². The van der Waals surface area contributed by atoms with Crippen LogP contribution in [0.25, 0.3) is 10.2 Å². The number of aromatic nitrogens is 1. The molecule has 0 saturated carbocycles. The molecule has 1 fully saturated rings. The molecule has 0 spiro atoms. The Hall–Kier alpha value is -1.23. The van der Waals surface area contributed by atoms with E-state index >= 15 is 0 Å². The van der Waals surface area contributed by atoms with Crippen LogP contribution in [-0.4, -0.2) is 24.5 Å². The summed E-state index contributed by atoms with van der Waals surface area (Å²) in [4.78, 5) is 6.32. The molecule has 2 aromatic heterocycles. The number of hydrogen-bond acceptors (Lipinski definition) is 3. The van der Waals surface area contributed by atoms with Crippen molar-refractivity contribution in [2.75, 3.05) is 18.0 Å². The quantitative estimate of drug-likeness (QED) is 0.816. The molecule has 0 radical (unpaired) electrons. The summed E-state index contributed by atoms with van der Waals surface area (Å²) >= 11 is 1.62. The van der Waals surface area contributed by atoms with Gasteiger partial charge in [-0.05, 0) is 23.9 Å². The number of alkyl halides is 2. The van der Waals surface area contributed by atoms with Gasteiger partial charge in [0.2, 0.25) is 6.43 Å². The summed E-state index contributed by atoms with van der Waals surface area (Å²) in [5.74, 6) is -0.488. The highest BCUT2D eigenvalue weighted by Gasteiger charge is 2.30. The maximum absolute atomic E-state index is 12.6. The van der Waals surface area contributed by atoms with Crippen LogP contribution in [0.2, 0.25) is 0 Å². The van der Waals surface area contributed by atoms with Gasteiger partial charge in [0, 0.05) is 25.2 Å². The van der Waals surface area contributed by atoms with E-state index in [1.54, 1.807) is 17.5 Å². The van der Waals surface area contributed by atoms with Crippen molar-refractivity contribution >= 4 is 27.2 Å². The molecule has 3 heterocycles. The third-order valence-corrected chi connectivity index (χ3v) is 4.17. The molecule has 1 aliphatic rings. The van der Waals surface area contributed by atoms with Gasteiger partial charge < -0.3 is 4.90 Å². The standard InChI is InChI=1S/C12H12F2N2S/c13-12(14)8-2-5-16(7-8)10-1-4-15-9-3-6-17-11(9)10/h1,3-4,6,8,12H,2,5,7H2. The lowest BCUT2D eigenvalue weighted by Crippen LogP contribution is -2.21. The molecule has 2 aromatic rings. The number of halogens is 2. The van der Waals surface area contributed by atoms with E-state index in [0.29, 0.717) is 19.5 Å². The first kappa shape index (κ1) is 10.9. The Morgan fingerprint density at radius 1 is 1.41 bits per heavy atom. The van der Waals surface area contributed by atoms with Gasteiger partial charge in [0.1, 0.15) is 0 Å². The smallest absolute Gasteiger partial charge is 0.243 e. The minimum absolute atomic E-state index is 0.453. The van der Waals surface area contributed by atoms with Crippen molar-refractivity contribution < 1.29 is 8.78 Å². The highest BCUT2D eigenvalue weighted by Crippen LogP contribution is 2.34. The van der Waals surface area contributed by atoms with E-state index in [4.69, 9.17) is 0 Å². The van der Waals surface area contributed by atoms with Crippen LogP contribution >= 0.6 is 11.3 Å². The van der Waals surface area contributed by atoms with Gasteiger partial charge >= 0.3 is 0 Å². The Labute approximate surface area is 102 Å². The lowest BCUT2D eigenvalue weighted by atomic mass is 10.1. The van der Waals surface area contributed by atoms with E-state index in [0.717, 1.165) is 15.9 Å². The number of fused-ring (bicyclic) bond motifs is 1. The summed E-state index contributed by atoms with van der Waals surface area (Å²) < 4.78 is 26.4. The van der Waals surface area contributed by atoms with Gasteiger partial charge in [-0.2, -0.15) is 0 Å². The minimum atomic E-state index is -2.21. The van der Waals surface area contributed by atoms with Crippen LogP contribution in [0.1, 0.15) is 6.42 Å². The van der Waals surface area contributed by atoms with Crippen molar-refractivity contribution in [2.45, 2.75) is 12.8 Å². The maximum atomic E-state index is 12.6. The van der Waals surface area contributed by atoms with Crippen LogP contribution in [0.3, 0.4) is 0 Å². The molecule has 5 heteroatoms. The van der Waals surface area contributed by atoms with E-state index in [2.05, 4.69) is 9.88 Å². The second-order valence-corrected chi connectivity index (χ2v) is 5.21. The van der Waals surface area contributed by atoms with Gasteiger partial charge in [-0.1, -0.05) is 0 Å². The van der Waals surface area contributed by atoms with Crippen molar-refractivity contribution in [3.8, 4) is 0 Å². The first-order valence-electron chi connectivity index (χ1n) is 5.61. The number of nitrogens with zero attached hydrogens (tertiary/aromatic N) is 2. The van der Waals surface area contributed by atoms with Gasteiger partial charge in [0.25, 0.3) is 0 Å². The Bertz CT molecular complexity index is 526. The predicted molar refractivity (Wildman–Crippen MR) is 65.9 cm³/mol. The van der Waals surface area contributed by atoms with Gasteiger partial charge in [-0.3, -0.25) is 4.98 Å². The number of thiophene rings is 1. The lowest BCUT2D eigenvalue weighted by Gasteiger charge is -2.19. The molecular weight excluding hydrogens is 242 g/mol. The summed E-state index contributed by atoms with van der Waals surface area (Å²) in [6.45, 7) is 1.17. The van der Waals surface area contributed by atoms with E-state index in [1.165, 1.54) is 0 Å². The summed E-state index contributed by atoms with van der Waals surface area (Å²) in [6, 6.07) is 3.89. The molecule has 1 saturated heterocycles. The van der Waals surface area contributed by atoms with Crippen molar-refractivity contribution in [3.05, 3.63) is 23.7 Å². The summed E-state index contributed by atoms with van der Waals surface area (Å²) in [5, 5.41) is 1.99. The zero-order chi connectivity index (χ0) is 11.8. The van der Waals surface area contributed by atoms with E-state index < -0.39 is 12.3 Å². The van der Waals surface area contributed by atoms with Crippen LogP contribution in [-0.2, 0) is 0 Å². The zero-order valence-electron chi connectivity index (χ0n) is 9.14. The Morgan fingerprint density at radius 3 is 3.06 bits per heavy atom. The predicted octanol–water partition coefficient (Wildman–Crippen LogP) is 3.39. The van der Waals surface area contributed by atoms with Crippen molar-refractivity contribution in [1.82, 2.24) is 4.98 Å². The highest BCUT2D eigenvalue weighted by atomic mass is 32.1. The van der Waals surface area contributed by atoms with Crippen molar-refractivity contribution in [3.63, 3.8) is 0 Å². The second kappa shape index (κ2) is 4.22. The van der Waals surface area contributed by atoms with Crippen LogP contribution in [0.15, 0.2) is 23.7 Å². The molecule has 0 aliphatic carbocycles. The Kier molecular flexibility index (Phi) is 2.70. The SMILES string of the molecule is FC(F)C1CCN(c2ccnc3ccsc23)C1. The fraction of sp³-hybridized carbons (Fsp3) is 0.417. The first-order chi connectivity index (χ1) is 8.25. The molecule has 17 heavy (non-hydrogen) atoms. The highest BCUT2D eigenvalue weighted by molar-refractivity contribution is 7.17. The molecule has 0 N–H and O–H groups in total. The fourth-order valence-electron chi connectivity index (χ4n) is 2.32. The molecule has 0 amide bonds. The third-order valence-electron chi connectivity index (χ3n) is 3.24. The average molecular weight is 254 g/mol. The third kappa shape index (κ3) is 1.88. The van der Waals surface area contributed by atoms with Gasteiger partial charge in [0.05, 0.1) is 15.9 Å². The molecule has 0 aromatic carbocycles. The van der Waals surface area contributed by atoms with Crippen LogP contribution < -0.4 is 4.90 Å². The normalized spacial score (nSPS) is 20.6.